The van der Waals surface area contributed by atoms with Crippen molar-refractivity contribution in [1.29, 1.82) is 0 Å². The average molecular weight is 160 g/mol. The minimum Gasteiger partial charge on any atom is -0.247 e. The molecule has 0 fully saturated rings. The van der Waals surface area contributed by atoms with Crippen molar-refractivity contribution in [1.82, 2.24) is 0 Å². The minimum atomic E-state index is -0.618. The predicted octanol–water partition coefficient (Wildman–Crippen LogP) is 3.81. The quantitative estimate of drug-likeness (QED) is 0.586. The van der Waals surface area contributed by atoms with Gasteiger partial charge in [-0.25, -0.2) is 4.39 Å². The molecule has 0 rings (SSSR count). The SMILES string of the molecule is CCC(F)CC(C)(C)C(C)C. The summed E-state index contributed by atoms with van der Waals surface area (Å²) in [5, 5.41) is 0. The van der Waals surface area contributed by atoms with E-state index in [2.05, 4.69) is 27.7 Å². The number of alkyl halides is 1. The molecule has 11 heavy (non-hydrogen) atoms. The maximum Gasteiger partial charge on any atom is 0.100 e. The van der Waals surface area contributed by atoms with Crippen molar-refractivity contribution in [2.24, 2.45) is 11.3 Å². The van der Waals surface area contributed by atoms with Gasteiger partial charge in [-0.3, -0.25) is 0 Å². The molecule has 0 saturated carbocycles. The highest BCUT2D eigenvalue weighted by Gasteiger charge is 2.25. The zero-order valence-corrected chi connectivity index (χ0v) is 8.45. The number of rotatable bonds is 4. The van der Waals surface area contributed by atoms with E-state index in [0.29, 0.717) is 18.8 Å². The van der Waals surface area contributed by atoms with Gasteiger partial charge in [0.1, 0.15) is 6.17 Å². The number of hydrogen-bond acceptors (Lipinski definition) is 0. The molecule has 0 nitrogen and oxygen atoms in total. The summed E-state index contributed by atoms with van der Waals surface area (Å²) in [4.78, 5) is 0. The summed E-state index contributed by atoms with van der Waals surface area (Å²) in [5.74, 6) is 0.562. The van der Waals surface area contributed by atoms with Gasteiger partial charge in [-0.15, -0.1) is 0 Å². The average Bonchev–Trinajstić information content (AvgIpc) is 1.86. The van der Waals surface area contributed by atoms with Crippen molar-refractivity contribution >= 4 is 0 Å². The van der Waals surface area contributed by atoms with Crippen LogP contribution in [0.15, 0.2) is 0 Å². The summed E-state index contributed by atoms with van der Waals surface area (Å²) in [7, 11) is 0. The van der Waals surface area contributed by atoms with Gasteiger partial charge in [0, 0.05) is 0 Å². The molecule has 0 aromatic rings. The molecule has 0 aromatic heterocycles. The van der Waals surface area contributed by atoms with E-state index in [1.807, 2.05) is 6.92 Å². The molecule has 0 N–H and O–H groups in total. The van der Waals surface area contributed by atoms with Gasteiger partial charge in [-0.2, -0.15) is 0 Å². The van der Waals surface area contributed by atoms with E-state index in [1.54, 1.807) is 0 Å². The molecule has 0 aliphatic carbocycles. The highest BCUT2D eigenvalue weighted by atomic mass is 19.1. The van der Waals surface area contributed by atoms with Crippen molar-refractivity contribution in [2.45, 2.75) is 53.6 Å². The molecule has 0 aliphatic heterocycles. The first-order chi connectivity index (χ1) is 4.90. The normalized spacial score (nSPS) is 15.5. The highest BCUT2D eigenvalue weighted by Crippen LogP contribution is 2.32. The Hall–Kier alpha value is -0.0700. The first kappa shape index (κ1) is 10.9. The molecule has 1 atom stereocenters. The van der Waals surface area contributed by atoms with Crippen LogP contribution in [0.5, 0.6) is 0 Å². The van der Waals surface area contributed by atoms with Crippen molar-refractivity contribution in [3.05, 3.63) is 0 Å². The molecule has 0 heterocycles. The molecule has 1 heteroatoms. The van der Waals surface area contributed by atoms with Crippen LogP contribution in [0.4, 0.5) is 4.39 Å². The van der Waals surface area contributed by atoms with Crippen LogP contribution in [0.1, 0.15) is 47.5 Å². The zero-order valence-electron chi connectivity index (χ0n) is 8.45. The van der Waals surface area contributed by atoms with E-state index in [1.165, 1.54) is 0 Å². The van der Waals surface area contributed by atoms with Gasteiger partial charge in [-0.1, -0.05) is 34.6 Å². The molecule has 0 radical (unpaired) electrons. The summed E-state index contributed by atoms with van der Waals surface area (Å²) in [6.45, 7) is 10.5. The van der Waals surface area contributed by atoms with Crippen molar-refractivity contribution in [3.8, 4) is 0 Å². The minimum absolute atomic E-state index is 0.148. The molecule has 68 valence electrons. The lowest BCUT2D eigenvalue weighted by Gasteiger charge is -2.30. The van der Waals surface area contributed by atoms with Crippen molar-refractivity contribution in [3.63, 3.8) is 0 Å². The Bertz CT molecular complexity index is 105. The van der Waals surface area contributed by atoms with Gasteiger partial charge in [0.05, 0.1) is 0 Å². The Kier molecular flexibility index (Phi) is 4.05. The maximum absolute atomic E-state index is 13.0. The van der Waals surface area contributed by atoms with Gasteiger partial charge in [0.15, 0.2) is 0 Å². The molecule has 0 saturated heterocycles. The fourth-order valence-electron chi connectivity index (χ4n) is 0.951. The molecule has 0 spiro atoms. The maximum atomic E-state index is 13.0. The summed E-state index contributed by atoms with van der Waals surface area (Å²) in [6, 6.07) is 0. The fraction of sp³-hybridized carbons (Fsp3) is 1.00. The molecular formula is C10H21F. The molecule has 0 aliphatic rings. The third-order valence-corrected chi connectivity index (χ3v) is 2.75. The summed E-state index contributed by atoms with van der Waals surface area (Å²) < 4.78 is 13.0. The Morgan fingerprint density at radius 1 is 1.27 bits per heavy atom. The monoisotopic (exact) mass is 160 g/mol. The van der Waals surface area contributed by atoms with Crippen LogP contribution >= 0.6 is 0 Å². The Morgan fingerprint density at radius 3 is 2.00 bits per heavy atom. The van der Waals surface area contributed by atoms with Crippen molar-refractivity contribution in [2.75, 3.05) is 0 Å². The van der Waals surface area contributed by atoms with Gasteiger partial charge < -0.3 is 0 Å². The highest BCUT2D eigenvalue weighted by molar-refractivity contribution is 4.75. The smallest absolute Gasteiger partial charge is 0.100 e. The molecular weight excluding hydrogens is 139 g/mol. The van der Waals surface area contributed by atoms with E-state index < -0.39 is 6.17 Å². The van der Waals surface area contributed by atoms with E-state index in [-0.39, 0.29) is 5.41 Å². The fourth-order valence-corrected chi connectivity index (χ4v) is 0.951. The van der Waals surface area contributed by atoms with Crippen LogP contribution in [0, 0.1) is 11.3 Å². The van der Waals surface area contributed by atoms with Crippen LogP contribution in [-0.4, -0.2) is 6.17 Å². The van der Waals surface area contributed by atoms with E-state index >= 15 is 0 Å². The topological polar surface area (TPSA) is 0 Å². The van der Waals surface area contributed by atoms with Crippen molar-refractivity contribution < 1.29 is 4.39 Å². The molecule has 0 aromatic carbocycles. The van der Waals surface area contributed by atoms with E-state index in [9.17, 15) is 4.39 Å². The summed E-state index contributed by atoms with van der Waals surface area (Å²) in [6.07, 6.45) is 0.726. The lowest BCUT2D eigenvalue weighted by atomic mass is 9.77. The van der Waals surface area contributed by atoms with Crippen LogP contribution in [0.25, 0.3) is 0 Å². The van der Waals surface area contributed by atoms with Gasteiger partial charge in [0.25, 0.3) is 0 Å². The Balaban J connectivity index is 3.90. The van der Waals surface area contributed by atoms with Crippen LogP contribution in [-0.2, 0) is 0 Å². The Morgan fingerprint density at radius 2 is 1.73 bits per heavy atom. The van der Waals surface area contributed by atoms with Gasteiger partial charge in [0.2, 0.25) is 0 Å². The summed E-state index contributed by atoms with van der Waals surface area (Å²) in [5.41, 5.74) is 0.148. The lowest BCUT2D eigenvalue weighted by Crippen LogP contribution is -2.23. The number of hydrogen-bond donors (Lipinski definition) is 0. The van der Waals surface area contributed by atoms with Crippen LogP contribution in [0.3, 0.4) is 0 Å². The summed E-state index contributed by atoms with van der Waals surface area (Å²) >= 11 is 0. The first-order valence-corrected chi connectivity index (χ1v) is 4.54. The van der Waals surface area contributed by atoms with Crippen LogP contribution < -0.4 is 0 Å². The first-order valence-electron chi connectivity index (χ1n) is 4.54. The third kappa shape index (κ3) is 3.74. The molecule has 1 unspecified atom stereocenters. The van der Waals surface area contributed by atoms with Gasteiger partial charge in [-0.05, 0) is 24.2 Å². The van der Waals surface area contributed by atoms with Gasteiger partial charge >= 0.3 is 0 Å². The second-order valence-electron chi connectivity index (χ2n) is 4.35. The molecule has 0 amide bonds. The zero-order chi connectivity index (χ0) is 9.07. The molecule has 0 bridgehead atoms. The predicted molar refractivity (Wildman–Crippen MR) is 48.4 cm³/mol. The lowest BCUT2D eigenvalue weighted by molar-refractivity contribution is 0.153. The largest absolute Gasteiger partial charge is 0.247 e. The second-order valence-corrected chi connectivity index (χ2v) is 4.35. The third-order valence-electron chi connectivity index (χ3n) is 2.75. The second kappa shape index (κ2) is 4.08. The van der Waals surface area contributed by atoms with E-state index in [0.717, 1.165) is 0 Å². The Labute approximate surface area is 70.2 Å². The van der Waals surface area contributed by atoms with Crippen LogP contribution in [0.2, 0.25) is 0 Å². The standard InChI is InChI=1S/C10H21F/c1-6-9(11)7-10(4,5)8(2)3/h8-9H,6-7H2,1-5H3. The van der Waals surface area contributed by atoms with E-state index in [4.69, 9.17) is 0 Å². The number of halogens is 1.